The molecule has 27 heavy (non-hydrogen) atoms. The fraction of sp³-hybridized carbons (Fsp3) is 0.444. The number of aliphatic carboxylic acids is 1. The van der Waals surface area contributed by atoms with Crippen molar-refractivity contribution < 1.29 is 29.0 Å². The number of rotatable bonds is 6. The van der Waals surface area contributed by atoms with E-state index in [-0.39, 0.29) is 19.2 Å². The molecule has 9 heteroatoms. The molecule has 1 aliphatic rings. The first-order valence-electron chi connectivity index (χ1n) is 8.68. The minimum Gasteiger partial charge on any atom is -0.481 e. The van der Waals surface area contributed by atoms with E-state index < -0.39 is 29.8 Å². The number of hydrogen-bond donors (Lipinski definition) is 3. The van der Waals surface area contributed by atoms with E-state index in [1.165, 1.54) is 24.0 Å². The standard InChI is InChI=1S/C18H23N3O6/c1-3-27-17(25)11(2)19-15(22)12-4-6-14(7-5-12)20-18(26)21-9-8-13(10-21)16(23)24/h4-7,11,13H,3,8-10H2,1-2H3,(H,19,22)(H,20,26)(H,23,24). The molecule has 0 saturated carbocycles. The average Bonchev–Trinajstić information content (AvgIpc) is 3.13. The van der Waals surface area contributed by atoms with Gasteiger partial charge in [0.2, 0.25) is 0 Å². The highest BCUT2D eigenvalue weighted by molar-refractivity contribution is 5.97. The molecule has 2 rings (SSSR count). The van der Waals surface area contributed by atoms with Crippen LogP contribution in [-0.2, 0) is 14.3 Å². The summed E-state index contributed by atoms with van der Waals surface area (Å²) < 4.78 is 4.83. The van der Waals surface area contributed by atoms with Crippen molar-refractivity contribution in [2.24, 2.45) is 5.92 Å². The Morgan fingerprint density at radius 1 is 1.26 bits per heavy atom. The number of ether oxygens (including phenoxy) is 1. The van der Waals surface area contributed by atoms with Crippen molar-refractivity contribution in [3.05, 3.63) is 29.8 Å². The number of carbonyl (C=O) groups excluding carboxylic acids is 3. The molecule has 1 aromatic rings. The van der Waals surface area contributed by atoms with Crippen LogP contribution in [0.3, 0.4) is 0 Å². The Labute approximate surface area is 156 Å². The van der Waals surface area contributed by atoms with Gasteiger partial charge in [0.25, 0.3) is 5.91 Å². The maximum atomic E-state index is 12.2. The highest BCUT2D eigenvalue weighted by atomic mass is 16.5. The van der Waals surface area contributed by atoms with Gasteiger partial charge in [-0.3, -0.25) is 9.59 Å². The lowest BCUT2D eigenvalue weighted by atomic mass is 10.1. The van der Waals surface area contributed by atoms with Gasteiger partial charge in [-0.25, -0.2) is 9.59 Å². The summed E-state index contributed by atoms with van der Waals surface area (Å²) in [4.78, 5) is 48.3. The molecular formula is C18H23N3O6. The molecule has 1 aromatic carbocycles. The lowest BCUT2D eigenvalue weighted by molar-refractivity contribution is -0.145. The molecule has 1 aliphatic heterocycles. The van der Waals surface area contributed by atoms with E-state index in [0.717, 1.165) is 0 Å². The maximum Gasteiger partial charge on any atom is 0.328 e. The van der Waals surface area contributed by atoms with Gasteiger partial charge in [-0.15, -0.1) is 0 Å². The van der Waals surface area contributed by atoms with Crippen molar-refractivity contribution in [2.45, 2.75) is 26.3 Å². The first-order chi connectivity index (χ1) is 12.8. The van der Waals surface area contributed by atoms with Crippen LogP contribution in [0.15, 0.2) is 24.3 Å². The Hall–Kier alpha value is -3.10. The molecule has 1 saturated heterocycles. The third-order valence-electron chi connectivity index (χ3n) is 4.21. The molecule has 3 amide bonds. The summed E-state index contributed by atoms with van der Waals surface area (Å²) in [6.45, 7) is 4.01. The predicted octanol–water partition coefficient (Wildman–Crippen LogP) is 1.31. The minimum atomic E-state index is -0.905. The molecule has 3 N–H and O–H groups in total. The van der Waals surface area contributed by atoms with Crippen LogP contribution >= 0.6 is 0 Å². The SMILES string of the molecule is CCOC(=O)C(C)NC(=O)c1ccc(NC(=O)N2CCC(C(=O)O)C2)cc1. The molecule has 146 valence electrons. The smallest absolute Gasteiger partial charge is 0.328 e. The molecular weight excluding hydrogens is 354 g/mol. The lowest BCUT2D eigenvalue weighted by Gasteiger charge is -2.17. The number of nitrogens with one attached hydrogen (secondary N) is 2. The van der Waals surface area contributed by atoms with Crippen LogP contribution in [0.4, 0.5) is 10.5 Å². The monoisotopic (exact) mass is 377 g/mol. The van der Waals surface area contributed by atoms with E-state index in [0.29, 0.717) is 24.2 Å². The topological polar surface area (TPSA) is 125 Å². The van der Waals surface area contributed by atoms with Crippen LogP contribution in [0.1, 0.15) is 30.6 Å². The normalized spacial score (nSPS) is 17.1. The van der Waals surface area contributed by atoms with Gasteiger partial charge in [0.15, 0.2) is 0 Å². The zero-order valence-corrected chi connectivity index (χ0v) is 15.2. The summed E-state index contributed by atoms with van der Waals surface area (Å²) in [6.07, 6.45) is 0.431. The average molecular weight is 377 g/mol. The molecule has 2 unspecified atom stereocenters. The number of benzene rings is 1. The van der Waals surface area contributed by atoms with E-state index in [2.05, 4.69) is 10.6 Å². The Balaban J connectivity index is 1.89. The maximum absolute atomic E-state index is 12.2. The lowest BCUT2D eigenvalue weighted by Crippen LogP contribution is -2.39. The molecule has 9 nitrogen and oxygen atoms in total. The number of urea groups is 1. The van der Waals surface area contributed by atoms with Gasteiger partial charge in [-0.1, -0.05) is 0 Å². The number of carboxylic acid groups (broad SMARTS) is 1. The highest BCUT2D eigenvalue weighted by Gasteiger charge is 2.30. The van der Waals surface area contributed by atoms with Gasteiger partial charge in [-0.05, 0) is 44.5 Å². The van der Waals surface area contributed by atoms with Crippen LogP contribution in [0, 0.1) is 5.92 Å². The van der Waals surface area contributed by atoms with E-state index in [1.807, 2.05) is 0 Å². The summed E-state index contributed by atoms with van der Waals surface area (Å²) in [5.74, 6) is -2.39. The predicted molar refractivity (Wildman–Crippen MR) is 96.3 cm³/mol. The first kappa shape index (κ1) is 20.2. The van der Waals surface area contributed by atoms with Gasteiger partial charge in [0.05, 0.1) is 12.5 Å². The molecule has 0 radical (unpaired) electrons. The number of likely N-dealkylation sites (tertiary alicyclic amines) is 1. The number of amides is 3. The van der Waals surface area contributed by atoms with Crippen molar-refractivity contribution >= 4 is 29.6 Å². The Kier molecular flexibility index (Phi) is 6.75. The van der Waals surface area contributed by atoms with Crippen LogP contribution in [-0.4, -0.2) is 59.6 Å². The molecule has 0 spiro atoms. The summed E-state index contributed by atoms with van der Waals surface area (Å²) in [6, 6.07) is 5.01. The second-order valence-electron chi connectivity index (χ2n) is 6.22. The first-order valence-corrected chi connectivity index (χ1v) is 8.68. The van der Waals surface area contributed by atoms with Crippen LogP contribution in [0.2, 0.25) is 0 Å². The second kappa shape index (κ2) is 9.02. The number of anilines is 1. The third kappa shape index (κ3) is 5.44. The van der Waals surface area contributed by atoms with E-state index in [1.54, 1.807) is 19.1 Å². The fourth-order valence-corrected chi connectivity index (χ4v) is 2.66. The van der Waals surface area contributed by atoms with Gasteiger partial charge in [0.1, 0.15) is 6.04 Å². The van der Waals surface area contributed by atoms with Crippen molar-refractivity contribution in [1.29, 1.82) is 0 Å². The number of hydrogen-bond acceptors (Lipinski definition) is 5. The second-order valence-corrected chi connectivity index (χ2v) is 6.22. The number of carbonyl (C=O) groups is 4. The largest absolute Gasteiger partial charge is 0.481 e. The van der Waals surface area contributed by atoms with Crippen LogP contribution < -0.4 is 10.6 Å². The summed E-state index contributed by atoms with van der Waals surface area (Å²) >= 11 is 0. The number of esters is 1. The van der Waals surface area contributed by atoms with Crippen molar-refractivity contribution in [1.82, 2.24) is 10.2 Å². The van der Waals surface area contributed by atoms with Crippen molar-refractivity contribution in [3.63, 3.8) is 0 Å². The molecule has 2 atom stereocenters. The molecule has 0 bridgehead atoms. The van der Waals surface area contributed by atoms with Crippen molar-refractivity contribution in [3.8, 4) is 0 Å². The van der Waals surface area contributed by atoms with Crippen molar-refractivity contribution in [2.75, 3.05) is 25.0 Å². The Morgan fingerprint density at radius 2 is 1.93 bits per heavy atom. The number of carboxylic acids is 1. The van der Waals surface area contributed by atoms with E-state index in [4.69, 9.17) is 9.84 Å². The van der Waals surface area contributed by atoms with E-state index in [9.17, 15) is 19.2 Å². The van der Waals surface area contributed by atoms with Crippen LogP contribution in [0.5, 0.6) is 0 Å². The summed E-state index contributed by atoms with van der Waals surface area (Å²) in [5.41, 5.74) is 0.810. The quantitative estimate of drug-likeness (QED) is 0.642. The summed E-state index contributed by atoms with van der Waals surface area (Å²) in [5, 5.41) is 14.2. The molecule has 1 fully saturated rings. The molecule has 1 heterocycles. The van der Waals surface area contributed by atoms with Gasteiger partial charge >= 0.3 is 18.0 Å². The third-order valence-corrected chi connectivity index (χ3v) is 4.21. The van der Waals surface area contributed by atoms with Gasteiger partial charge in [0, 0.05) is 24.3 Å². The summed E-state index contributed by atoms with van der Waals surface area (Å²) in [7, 11) is 0. The Morgan fingerprint density at radius 3 is 2.48 bits per heavy atom. The van der Waals surface area contributed by atoms with Gasteiger partial charge in [-0.2, -0.15) is 0 Å². The van der Waals surface area contributed by atoms with E-state index >= 15 is 0 Å². The zero-order valence-electron chi connectivity index (χ0n) is 15.2. The van der Waals surface area contributed by atoms with Crippen LogP contribution in [0.25, 0.3) is 0 Å². The minimum absolute atomic E-state index is 0.174. The van der Waals surface area contributed by atoms with Gasteiger partial charge < -0.3 is 25.4 Å². The number of nitrogens with zero attached hydrogens (tertiary/aromatic N) is 1. The Bertz CT molecular complexity index is 718. The zero-order chi connectivity index (χ0) is 20.0. The fourth-order valence-electron chi connectivity index (χ4n) is 2.66. The molecule has 0 aromatic heterocycles. The molecule has 0 aliphatic carbocycles. The highest BCUT2D eigenvalue weighted by Crippen LogP contribution is 2.18.